The topological polar surface area (TPSA) is 67.6 Å². The van der Waals surface area contributed by atoms with Crippen LogP contribution in [-0.4, -0.2) is 44.1 Å². The van der Waals surface area contributed by atoms with E-state index in [9.17, 15) is 4.79 Å². The zero-order chi connectivity index (χ0) is 17.1. The average Bonchev–Trinajstić information content (AvgIpc) is 3.14. The number of para-hydroxylation sites is 1. The molecule has 2 bridgehead atoms. The van der Waals surface area contributed by atoms with Crippen LogP contribution in [0.5, 0.6) is 5.75 Å². The van der Waals surface area contributed by atoms with Crippen molar-refractivity contribution in [2.45, 2.75) is 31.8 Å². The van der Waals surface area contributed by atoms with Crippen molar-refractivity contribution in [2.75, 3.05) is 27.2 Å². The number of hydrogen-bond donors (Lipinski definition) is 2. The summed E-state index contributed by atoms with van der Waals surface area (Å²) in [5.41, 5.74) is 7.28. The maximum Gasteiger partial charge on any atom is 0.225 e. The summed E-state index contributed by atoms with van der Waals surface area (Å²) in [5.74, 6) is 1.98. The van der Waals surface area contributed by atoms with Crippen LogP contribution < -0.4 is 15.8 Å². The Morgan fingerprint density at radius 1 is 1.23 bits per heavy atom. The fourth-order valence-corrected chi connectivity index (χ4v) is 4.15. The molecule has 2 aliphatic rings. The summed E-state index contributed by atoms with van der Waals surface area (Å²) in [5, 5.41) is 3.09. The van der Waals surface area contributed by atoms with Crippen LogP contribution in [0.4, 0.5) is 0 Å². The number of likely N-dealkylation sites (N-methyl/N-ethyl adjacent to an activating group) is 1. The zero-order valence-corrected chi connectivity index (χ0v) is 17.2. The molecule has 148 valence electrons. The highest BCUT2D eigenvalue weighted by molar-refractivity contribution is 5.85. The summed E-state index contributed by atoms with van der Waals surface area (Å²) < 4.78 is 5.86. The lowest BCUT2D eigenvalue weighted by atomic mass is 9.84. The maximum absolute atomic E-state index is 12.6. The van der Waals surface area contributed by atoms with Crippen molar-refractivity contribution in [3.8, 4) is 5.75 Å². The smallest absolute Gasteiger partial charge is 0.225 e. The summed E-state index contributed by atoms with van der Waals surface area (Å²) >= 11 is 0. The molecule has 4 unspecified atom stereocenters. The van der Waals surface area contributed by atoms with Gasteiger partial charge < -0.3 is 20.7 Å². The second-order valence-electron chi connectivity index (χ2n) is 7.41. The molecular formula is C19H31Cl2N3O2. The Morgan fingerprint density at radius 2 is 1.92 bits per heavy atom. The van der Waals surface area contributed by atoms with Crippen molar-refractivity contribution < 1.29 is 9.53 Å². The third-order valence-electron chi connectivity index (χ3n) is 5.51. The van der Waals surface area contributed by atoms with Gasteiger partial charge in [-0.05, 0) is 51.3 Å². The molecule has 0 aromatic heterocycles. The van der Waals surface area contributed by atoms with Crippen molar-refractivity contribution >= 4 is 30.7 Å². The van der Waals surface area contributed by atoms with Gasteiger partial charge in [-0.15, -0.1) is 24.8 Å². The second kappa shape index (κ2) is 10.4. The third-order valence-corrected chi connectivity index (χ3v) is 5.51. The molecular weight excluding hydrogens is 373 g/mol. The third kappa shape index (κ3) is 5.26. The van der Waals surface area contributed by atoms with E-state index in [4.69, 9.17) is 10.5 Å². The molecule has 1 aromatic rings. The standard InChI is InChI=1S/C19H29N3O2.2ClH/c1-22(2)9-10-24-16-6-4-3-5-15(16)12-21-19(23)17-13-7-8-14(11-13)18(17)20;;/h3-6,13-14,17-18H,7-12,20H2,1-2H3,(H,21,23);2*1H. The van der Waals surface area contributed by atoms with Crippen LogP contribution in [0.25, 0.3) is 0 Å². The molecule has 0 saturated heterocycles. The number of hydrogen-bond acceptors (Lipinski definition) is 4. The number of benzene rings is 1. The van der Waals surface area contributed by atoms with E-state index in [1.807, 2.05) is 38.4 Å². The molecule has 4 atom stereocenters. The number of carbonyl (C=O) groups excluding carboxylic acids is 1. The van der Waals surface area contributed by atoms with Crippen LogP contribution in [0.3, 0.4) is 0 Å². The molecule has 0 radical (unpaired) electrons. The van der Waals surface area contributed by atoms with Crippen molar-refractivity contribution in [3.63, 3.8) is 0 Å². The van der Waals surface area contributed by atoms with Crippen LogP contribution in [-0.2, 0) is 11.3 Å². The predicted octanol–water partition coefficient (Wildman–Crippen LogP) is 2.46. The van der Waals surface area contributed by atoms with E-state index in [2.05, 4.69) is 10.2 Å². The summed E-state index contributed by atoms with van der Waals surface area (Å²) in [7, 11) is 4.04. The number of nitrogens with zero attached hydrogens (tertiary/aromatic N) is 1. The highest BCUT2D eigenvalue weighted by atomic mass is 35.5. The van der Waals surface area contributed by atoms with Crippen molar-refractivity contribution in [3.05, 3.63) is 29.8 Å². The molecule has 2 fully saturated rings. The summed E-state index contributed by atoms with van der Waals surface area (Å²) in [6.45, 7) is 1.99. The van der Waals surface area contributed by atoms with Crippen LogP contribution in [0.15, 0.2) is 24.3 Å². The van der Waals surface area contributed by atoms with Crippen LogP contribution in [0.2, 0.25) is 0 Å². The largest absolute Gasteiger partial charge is 0.492 e. The molecule has 1 amide bonds. The molecule has 0 spiro atoms. The lowest BCUT2D eigenvalue weighted by Crippen LogP contribution is -2.45. The number of nitrogens with two attached hydrogens (primary N) is 1. The van der Waals surface area contributed by atoms with Crippen LogP contribution in [0, 0.1) is 17.8 Å². The predicted molar refractivity (Wildman–Crippen MR) is 109 cm³/mol. The van der Waals surface area contributed by atoms with Gasteiger partial charge in [0.1, 0.15) is 12.4 Å². The van der Waals surface area contributed by atoms with E-state index in [1.54, 1.807) is 0 Å². The fourth-order valence-electron chi connectivity index (χ4n) is 4.15. The first-order valence-electron chi connectivity index (χ1n) is 8.95. The van der Waals surface area contributed by atoms with Gasteiger partial charge in [-0.1, -0.05) is 18.2 Å². The first-order chi connectivity index (χ1) is 11.6. The van der Waals surface area contributed by atoms with E-state index in [0.29, 0.717) is 25.0 Å². The van der Waals surface area contributed by atoms with Gasteiger partial charge in [0.05, 0.1) is 5.92 Å². The normalized spacial score (nSPS) is 26.2. The van der Waals surface area contributed by atoms with Gasteiger partial charge in [0.2, 0.25) is 5.91 Å². The molecule has 26 heavy (non-hydrogen) atoms. The zero-order valence-electron chi connectivity index (χ0n) is 15.5. The van der Waals surface area contributed by atoms with Crippen LogP contribution in [0.1, 0.15) is 24.8 Å². The Morgan fingerprint density at radius 3 is 2.58 bits per heavy atom. The molecule has 0 aliphatic heterocycles. The molecule has 5 nitrogen and oxygen atoms in total. The highest BCUT2D eigenvalue weighted by Crippen LogP contribution is 2.47. The quantitative estimate of drug-likeness (QED) is 0.733. The number of halogens is 2. The fraction of sp³-hybridized carbons (Fsp3) is 0.632. The summed E-state index contributed by atoms with van der Waals surface area (Å²) in [6.07, 6.45) is 3.47. The van der Waals surface area contributed by atoms with Gasteiger partial charge in [-0.25, -0.2) is 0 Å². The van der Waals surface area contributed by atoms with E-state index in [0.717, 1.165) is 30.7 Å². The number of amides is 1. The summed E-state index contributed by atoms with van der Waals surface area (Å²) in [6, 6.07) is 7.94. The molecule has 3 N–H and O–H groups in total. The van der Waals surface area contributed by atoms with Crippen molar-refractivity contribution in [2.24, 2.45) is 23.5 Å². The number of nitrogens with one attached hydrogen (secondary N) is 1. The minimum Gasteiger partial charge on any atom is -0.492 e. The Balaban J connectivity index is 0.00000169. The van der Waals surface area contributed by atoms with Gasteiger partial charge >= 0.3 is 0 Å². The lowest BCUT2D eigenvalue weighted by Gasteiger charge is -2.27. The second-order valence-corrected chi connectivity index (χ2v) is 7.41. The molecule has 2 aliphatic carbocycles. The van der Waals surface area contributed by atoms with Gasteiger partial charge in [0.15, 0.2) is 0 Å². The number of carbonyl (C=O) groups is 1. The molecule has 1 aromatic carbocycles. The summed E-state index contributed by atoms with van der Waals surface area (Å²) in [4.78, 5) is 14.7. The first kappa shape index (κ1) is 23.0. The molecule has 3 rings (SSSR count). The minimum atomic E-state index is -0.00873. The van der Waals surface area contributed by atoms with E-state index < -0.39 is 0 Å². The van der Waals surface area contributed by atoms with Gasteiger partial charge in [0.25, 0.3) is 0 Å². The Labute approximate surface area is 168 Å². The average molecular weight is 404 g/mol. The van der Waals surface area contributed by atoms with Gasteiger partial charge in [0, 0.05) is 24.7 Å². The molecule has 2 saturated carbocycles. The number of rotatable bonds is 7. The molecule has 0 heterocycles. The monoisotopic (exact) mass is 403 g/mol. The minimum absolute atomic E-state index is 0. The Kier molecular flexibility index (Phi) is 9.17. The Bertz CT molecular complexity index is 584. The molecule has 7 heteroatoms. The number of ether oxygens (including phenoxy) is 1. The van der Waals surface area contributed by atoms with Crippen molar-refractivity contribution in [1.82, 2.24) is 10.2 Å². The van der Waals surface area contributed by atoms with E-state index in [-0.39, 0.29) is 42.7 Å². The Hall–Kier alpha value is -1.01. The lowest BCUT2D eigenvalue weighted by molar-refractivity contribution is -0.127. The van der Waals surface area contributed by atoms with E-state index >= 15 is 0 Å². The van der Waals surface area contributed by atoms with E-state index in [1.165, 1.54) is 6.42 Å². The number of fused-ring (bicyclic) bond motifs is 2. The van der Waals surface area contributed by atoms with Gasteiger partial charge in [-0.2, -0.15) is 0 Å². The first-order valence-corrected chi connectivity index (χ1v) is 8.95. The van der Waals surface area contributed by atoms with Crippen molar-refractivity contribution in [1.29, 1.82) is 0 Å². The SMILES string of the molecule is CN(C)CCOc1ccccc1CNC(=O)C1C2CCC(C2)C1N.Cl.Cl. The van der Waals surface area contributed by atoms with Gasteiger partial charge in [-0.3, -0.25) is 4.79 Å². The maximum atomic E-state index is 12.6. The highest BCUT2D eigenvalue weighted by Gasteiger charge is 2.48. The van der Waals surface area contributed by atoms with Crippen LogP contribution >= 0.6 is 24.8 Å².